The summed E-state index contributed by atoms with van der Waals surface area (Å²) in [5.41, 5.74) is 6.32. The van der Waals surface area contributed by atoms with Gasteiger partial charge in [0.05, 0.1) is 6.61 Å². The zero-order valence-electron chi connectivity index (χ0n) is 12.0. The number of aliphatic hydroxyl groups excluding tert-OH is 1. The molecule has 1 heterocycles. The predicted molar refractivity (Wildman–Crippen MR) is 80.6 cm³/mol. The van der Waals surface area contributed by atoms with Crippen LogP contribution >= 0.6 is 0 Å². The molecule has 0 aromatic carbocycles. The van der Waals surface area contributed by atoms with Crippen molar-refractivity contribution < 1.29 is 5.11 Å². The number of rotatable bonds is 7. The summed E-state index contributed by atoms with van der Waals surface area (Å²) in [6.45, 7) is 2.54. The summed E-state index contributed by atoms with van der Waals surface area (Å²) in [5.74, 6) is 0. The molecule has 1 aliphatic carbocycles. The lowest BCUT2D eigenvalue weighted by molar-refractivity contribution is 0.148. The van der Waals surface area contributed by atoms with Crippen LogP contribution in [0.1, 0.15) is 32.1 Å². The fourth-order valence-corrected chi connectivity index (χ4v) is 3.04. The number of aromatic nitrogens is 1. The van der Waals surface area contributed by atoms with Gasteiger partial charge in [0.15, 0.2) is 0 Å². The summed E-state index contributed by atoms with van der Waals surface area (Å²) in [6.07, 6.45) is 7.66. The Morgan fingerprint density at radius 3 is 2.75 bits per heavy atom. The lowest BCUT2D eigenvalue weighted by Gasteiger charge is -2.28. The number of aryl methyl sites for hydroxylation is 1. The first-order valence-electron chi connectivity index (χ1n) is 7.51. The van der Waals surface area contributed by atoms with Crippen molar-refractivity contribution in [2.45, 2.75) is 44.7 Å². The number of hydrogen-bond acceptors (Lipinski definition) is 4. The fourth-order valence-electron chi connectivity index (χ4n) is 3.04. The van der Waals surface area contributed by atoms with E-state index in [9.17, 15) is 9.90 Å². The number of hydrogen-bond donors (Lipinski definition) is 2. The topological polar surface area (TPSA) is 71.5 Å². The molecule has 1 aromatic rings. The van der Waals surface area contributed by atoms with E-state index in [4.69, 9.17) is 5.73 Å². The smallest absolute Gasteiger partial charge is 0.250 e. The van der Waals surface area contributed by atoms with Crippen molar-refractivity contribution in [1.29, 1.82) is 0 Å². The molecule has 5 nitrogen and oxygen atoms in total. The van der Waals surface area contributed by atoms with Crippen LogP contribution in [0, 0.1) is 0 Å². The van der Waals surface area contributed by atoms with Gasteiger partial charge < -0.3 is 15.4 Å². The van der Waals surface area contributed by atoms with Gasteiger partial charge in [0.1, 0.15) is 0 Å². The van der Waals surface area contributed by atoms with Gasteiger partial charge in [0.2, 0.25) is 0 Å². The van der Waals surface area contributed by atoms with Crippen molar-refractivity contribution in [2.24, 2.45) is 0 Å². The highest BCUT2D eigenvalue weighted by atomic mass is 16.3. The van der Waals surface area contributed by atoms with Crippen molar-refractivity contribution in [3.8, 4) is 0 Å². The second kappa shape index (κ2) is 7.45. The van der Waals surface area contributed by atoms with E-state index < -0.39 is 0 Å². The van der Waals surface area contributed by atoms with Gasteiger partial charge >= 0.3 is 0 Å². The number of nitrogens with two attached hydrogens (primary N) is 1. The number of anilines is 1. The Morgan fingerprint density at radius 1 is 1.30 bits per heavy atom. The standard InChI is InChI=1S/C15H25N3O2/c16-13-6-7-15(20)18(12-13)9-3-8-17(10-11-19)14-4-1-2-5-14/h6-7,12,14,19H,1-5,8-11,16H2. The molecular weight excluding hydrogens is 254 g/mol. The van der Waals surface area contributed by atoms with Gasteiger partial charge in [-0.3, -0.25) is 9.69 Å². The lowest BCUT2D eigenvalue weighted by atomic mass is 10.2. The van der Waals surface area contributed by atoms with Crippen molar-refractivity contribution in [3.05, 3.63) is 28.7 Å². The van der Waals surface area contributed by atoms with Crippen LogP contribution < -0.4 is 11.3 Å². The number of nitrogen functional groups attached to an aromatic ring is 1. The molecule has 0 unspecified atom stereocenters. The molecule has 112 valence electrons. The van der Waals surface area contributed by atoms with Crippen molar-refractivity contribution in [2.75, 3.05) is 25.4 Å². The zero-order chi connectivity index (χ0) is 14.4. The molecule has 1 aliphatic rings. The van der Waals surface area contributed by atoms with Crippen molar-refractivity contribution in [3.63, 3.8) is 0 Å². The van der Waals surface area contributed by atoms with Gasteiger partial charge in [-0.05, 0) is 25.3 Å². The molecule has 1 fully saturated rings. The van der Waals surface area contributed by atoms with E-state index in [1.54, 1.807) is 16.8 Å². The molecule has 1 saturated carbocycles. The van der Waals surface area contributed by atoms with Crippen LogP contribution in [0.4, 0.5) is 5.69 Å². The normalized spacial score (nSPS) is 16.1. The van der Waals surface area contributed by atoms with Gasteiger partial charge in [-0.2, -0.15) is 0 Å². The van der Waals surface area contributed by atoms with E-state index >= 15 is 0 Å². The molecule has 0 radical (unpaired) electrons. The summed E-state index contributed by atoms with van der Waals surface area (Å²) in [4.78, 5) is 14.0. The molecule has 2 rings (SSSR count). The van der Waals surface area contributed by atoms with Gasteiger partial charge in [-0.25, -0.2) is 0 Å². The average molecular weight is 279 g/mol. The van der Waals surface area contributed by atoms with E-state index in [0.29, 0.717) is 18.3 Å². The third kappa shape index (κ3) is 4.08. The molecule has 0 saturated heterocycles. The molecule has 0 bridgehead atoms. The van der Waals surface area contributed by atoms with E-state index in [1.165, 1.54) is 31.7 Å². The Kier molecular flexibility index (Phi) is 5.61. The van der Waals surface area contributed by atoms with Gasteiger partial charge in [0.25, 0.3) is 5.56 Å². The van der Waals surface area contributed by atoms with Crippen molar-refractivity contribution >= 4 is 5.69 Å². The largest absolute Gasteiger partial charge is 0.398 e. The molecule has 0 spiro atoms. The van der Waals surface area contributed by atoms with E-state index in [0.717, 1.165) is 19.5 Å². The zero-order valence-corrected chi connectivity index (χ0v) is 12.0. The van der Waals surface area contributed by atoms with Gasteiger partial charge in [-0.1, -0.05) is 12.8 Å². The summed E-state index contributed by atoms with van der Waals surface area (Å²) >= 11 is 0. The lowest BCUT2D eigenvalue weighted by Crippen LogP contribution is -2.37. The molecule has 1 aromatic heterocycles. The highest BCUT2D eigenvalue weighted by Gasteiger charge is 2.21. The van der Waals surface area contributed by atoms with Gasteiger partial charge in [0, 0.05) is 43.6 Å². The summed E-state index contributed by atoms with van der Waals surface area (Å²) in [5, 5.41) is 9.18. The number of aliphatic hydroxyl groups is 1. The number of pyridine rings is 1. The molecule has 20 heavy (non-hydrogen) atoms. The van der Waals surface area contributed by atoms with Gasteiger partial charge in [-0.15, -0.1) is 0 Å². The third-order valence-electron chi connectivity index (χ3n) is 4.08. The van der Waals surface area contributed by atoms with Crippen LogP contribution in [-0.4, -0.2) is 40.3 Å². The molecule has 5 heteroatoms. The molecular formula is C15H25N3O2. The molecule has 0 aliphatic heterocycles. The summed E-state index contributed by atoms with van der Waals surface area (Å²) in [7, 11) is 0. The monoisotopic (exact) mass is 279 g/mol. The first kappa shape index (κ1) is 15.1. The minimum atomic E-state index is -0.00576. The Morgan fingerprint density at radius 2 is 2.05 bits per heavy atom. The first-order valence-corrected chi connectivity index (χ1v) is 7.51. The third-order valence-corrected chi connectivity index (χ3v) is 4.08. The SMILES string of the molecule is Nc1ccc(=O)n(CCCN(CCO)C2CCCC2)c1. The Labute approximate surface area is 120 Å². The Bertz CT molecular complexity index is 466. The maximum atomic E-state index is 11.7. The van der Waals surface area contributed by atoms with Crippen LogP contribution in [0.3, 0.4) is 0 Å². The Balaban J connectivity index is 1.86. The van der Waals surface area contributed by atoms with Crippen LogP contribution in [0.15, 0.2) is 23.1 Å². The second-order valence-corrected chi connectivity index (χ2v) is 5.55. The number of nitrogens with zero attached hydrogens (tertiary/aromatic N) is 2. The van der Waals surface area contributed by atoms with E-state index in [2.05, 4.69) is 4.90 Å². The van der Waals surface area contributed by atoms with E-state index in [-0.39, 0.29) is 12.2 Å². The molecule has 0 amide bonds. The second-order valence-electron chi connectivity index (χ2n) is 5.55. The minimum absolute atomic E-state index is 0.00576. The van der Waals surface area contributed by atoms with Crippen LogP contribution in [0.2, 0.25) is 0 Å². The highest BCUT2D eigenvalue weighted by molar-refractivity contribution is 5.33. The molecule has 3 N–H and O–H groups in total. The van der Waals surface area contributed by atoms with Crippen LogP contribution in [-0.2, 0) is 6.54 Å². The maximum Gasteiger partial charge on any atom is 0.250 e. The van der Waals surface area contributed by atoms with Crippen LogP contribution in [0.25, 0.3) is 0 Å². The molecule has 0 atom stereocenters. The fraction of sp³-hybridized carbons (Fsp3) is 0.667. The maximum absolute atomic E-state index is 11.7. The highest BCUT2D eigenvalue weighted by Crippen LogP contribution is 2.23. The predicted octanol–water partition coefficient (Wildman–Crippen LogP) is 1.06. The Hall–Kier alpha value is -1.33. The van der Waals surface area contributed by atoms with E-state index in [1.807, 2.05) is 0 Å². The average Bonchev–Trinajstić information content (AvgIpc) is 2.95. The summed E-state index contributed by atoms with van der Waals surface area (Å²) in [6, 6.07) is 3.76. The summed E-state index contributed by atoms with van der Waals surface area (Å²) < 4.78 is 1.67. The minimum Gasteiger partial charge on any atom is -0.398 e. The quantitative estimate of drug-likeness (QED) is 0.783. The van der Waals surface area contributed by atoms with Crippen molar-refractivity contribution in [1.82, 2.24) is 9.47 Å². The van der Waals surface area contributed by atoms with Crippen LogP contribution in [0.5, 0.6) is 0 Å². The first-order chi connectivity index (χ1) is 9.70.